The molecular formula is C12H14N2O7S. The van der Waals surface area contributed by atoms with Gasteiger partial charge in [-0.2, -0.15) is 8.42 Å². The third-order valence-electron chi connectivity index (χ3n) is 2.69. The number of ketones is 1. The van der Waals surface area contributed by atoms with Crippen LogP contribution in [0.25, 0.3) is 0 Å². The van der Waals surface area contributed by atoms with Gasteiger partial charge in [0.05, 0.1) is 6.61 Å². The van der Waals surface area contributed by atoms with Gasteiger partial charge in [0, 0.05) is 11.3 Å². The first-order chi connectivity index (χ1) is 10.2. The molecule has 0 saturated heterocycles. The van der Waals surface area contributed by atoms with E-state index in [1.807, 2.05) is 0 Å². The number of nitrogens with zero attached hydrogens (tertiary/aromatic N) is 1. The normalized spacial score (nSPS) is 12.5. The second-order valence-corrected chi connectivity index (χ2v) is 6.09. The van der Waals surface area contributed by atoms with Gasteiger partial charge in [-0.1, -0.05) is 30.3 Å². The van der Waals surface area contributed by atoms with Crippen molar-refractivity contribution in [3.05, 3.63) is 46.0 Å². The van der Waals surface area contributed by atoms with E-state index in [9.17, 15) is 28.1 Å². The van der Waals surface area contributed by atoms with Gasteiger partial charge in [0.1, 0.15) is 0 Å². The van der Waals surface area contributed by atoms with Crippen LogP contribution in [0.3, 0.4) is 0 Å². The van der Waals surface area contributed by atoms with Gasteiger partial charge in [-0.05, 0) is 5.56 Å². The summed E-state index contributed by atoms with van der Waals surface area (Å²) in [5, 5.41) is 8.36. The number of rotatable bonds is 9. The minimum atomic E-state index is -4.52. The van der Waals surface area contributed by atoms with Gasteiger partial charge in [0.25, 0.3) is 16.0 Å². The van der Waals surface area contributed by atoms with Gasteiger partial charge in [-0.25, -0.2) is 0 Å². The summed E-state index contributed by atoms with van der Waals surface area (Å²) in [6, 6.07) is 8.22. The number of primary amides is 1. The van der Waals surface area contributed by atoms with E-state index in [-0.39, 0.29) is 6.61 Å². The van der Waals surface area contributed by atoms with E-state index in [1.54, 1.807) is 30.3 Å². The van der Waals surface area contributed by atoms with Gasteiger partial charge >= 0.3 is 0 Å². The Morgan fingerprint density at radius 2 is 1.86 bits per heavy atom. The van der Waals surface area contributed by atoms with Crippen molar-refractivity contribution in [3.8, 4) is 0 Å². The minimum absolute atomic E-state index is 0.357. The highest BCUT2D eigenvalue weighted by Gasteiger charge is 2.37. The Morgan fingerprint density at radius 1 is 1.27 bits per heavy atom. The lowest BCUT2D eigenvalue weighted by Gasteiger charge is -2.13. The topological polar surface area (TPSA) is 147 Å². The van der Waals surface area contributed by atoms with Crippen LogP contribution in [0.2, 0.25) is 0 Å². The molecule has 2 N–H and O–H groups in total. The molecule has 0 aromatic heterocycles. The van der Waals surface area contributed by atoms with Crippen molar-refractivity contribution in [1.29, 1.82) is 0 Å². The first-order valence-electron chi connectivity index (χ1n) is 6.11. The van der Waals surface area contributed by atoms with E-state index in [0.717, 1.165) is 0 Å². The van der Waals surface area contributed by atoms with Crippen LogP contribution in [0.4, 0.5) is 0 Å². The fraction of sp³-hybridized carbons (Fsp3) is 0.333. The summed E-state index contributed by atoms with van der Waals surface area (Å²) in [7, 11) is -4.52. The maximum absolute atomic E-state index is 12.0. The molecule has 120 valence electrons. The number of hydrogen-bond acceptors (Lipinski definition) is 7. The average Bonchev–Trinajstić information content (AvgIpc) is 2.45. The molecule has 0 spiro atoms. The zero-order valence-electron chi connectivity index (χ0n) is 11.4. The van der Waals surface area contributed by atoms with E-state index >= 15 is 0 Å². The van der Waals surface area contributed by atoms with E-state index in [1.165, 1.54) is 0 Å². The Kier molecular flexibility index (Phi) is 6.13. The van der Waals surface area contributed by atoms with Crippen LogP contribution in [-0.2, 0) is 30.5 Å². The Balaban J connectivity index is 2.87. The van der Waals surface area contributed by atoms with Crippen molar-refractivity contribution in [3.63, 3.8) is 0 Å². The van der Waals surface area contributed by atoms with Gasteiger partial charge in [-0.3, -0.25) is 23.9 Å². The van der Waals surface area contributed by atoms with Crippen LogP contribution >= 0.6 is 0 Å². The van der Waals surface area contributed by atoms with Crippen LogP contribution < -0.4 is 5.73 Å². The molecule has 0 aliphatic carbocycles. The summed E-state index contributed by atoms with van der Waals surface area (Å²) in [4.78, 5) is 32.0. The molecule has 10 heteroatoms. The van der Waals surface area contributed by atoms with Gasteiger partial charge in [0.15, 0.2) is 5.25 Å². The van der Waals surface area contributed by atoms with Gasteiger partial charge in [-0.15, -0.1) is 0 Å². The molecule has 1 unspecified atom stereocenters. The number of hydrogen-bond donors (Lipinski definition) is 1. The molecule has 22 heavy (non-hydrogen) atoms. The quantitative estimate of drug-likeness (QED) is 0.281. The number of nitro groups is 1. The molecule has 0 fully saturated rings. The molecule has 9 nitrogen and oxygen atoms in total. The van der Waals surface area contributed by atoms with Crippen LogP contribution in [0.15, 0.2) is 30.3 Å². The average molecular weight is 330 g/mol. The summed E-state index contributed by atoms with van der Waals surface area (Å²) in [6.45, 7) is -1.16. The van der Waals surface area contributed by atoms with Crippen molar-refractivity contribution in [2.45, 2.75) is 18.3 Å². The highest BCUT2D eigenvalue weighted by molar-refractivity contribution is 7.88. The van der Waals surface area contributed by atoms with Crippen LogP contribution in [0, 0.1) is 10.1 Å². The smallest absolute Gasteiger partial charge is 0.286 e. The maximum atomic E-state index is 12.0. The second kappa shape index (κ2) is 7.61. The molecule has 1 atom stereocenters. The Bertz CT molecular complexity index is 657. The third-order valence-corrected chi connectivity index (χ3v) is 4.28. The van der Waals surface area contributed by atoms with Crippen molar-refractivity contribution in [2.75, 3.05) is 6.54 Å². The molecule has 0 saturated carbocycles. The Hall–Kier alpha value is -2.33. The standard InChI is InChI=1S/C12H14N2O7S/c13-12(16)11(15)10(6-7-14(17)18)22(19,20)21-8-9-4-2-1-3-5-9/h1-5,10H,6-8H2,(H2,13,16). The third kappa shape index (κ3) is 5.22. The van der Waals surface area contributed by atoms with Crippen molar-refractivity contribution < 1.29 is 27.1 Å². The molecule has 1 rings (SSSR count). The van der Waals surface area contributed by atoms with E-state index in [4.69, 9.17) is 9.92 Å². The van der Waals surface area contributed by atoms with E-state index < -0.39 is 44.9 Å². The molecular weight excluding hydrogens is 316 g/mol. The molecule has 0 bridgehead atoms. The van der Waals surface area contributed by atoms with Gasteiger partial charge < -0.3 is 5.73 Å². The summed E-state index contributed by atoms with van der Waals surface area (Å²) >= 11 is 0. The molecule has 1 aromatic carbocycles. The number of amides is 1. The molecule has 0 aliphatic rings. The zero-order valence-corrected chi connectivity index (χ0v) is 12.2. The van der Waals surface area contributed by atoms with Crippen LogP contribution in [0.1, 0.15) is 12.0 Å². The predicted octanol–water partition coefficient (Wildman–Crippen LogP) is -0.377. The second-order valence-electron chi connectivity index (χ2n) is 4.30. The summed E-state index contributed by atoms with van der Waals surface area (Å²) in [5.74, 6) is -2.92. The van der Waals surface area contributed by atoms with Crippen molar-refractivity contribution in [1.82, 2.24) is 0 Å². The molecule has 1 amide bonds. The number of benzene rings is 1. The minimum Gasteiger partial charge on any atom is -0.363 e. The predicted molar refractivity (Wildman–Crippen MR) is 74.6 cm³/mol. The molecule has 0 radical (unpaired) electrons. The number of Topliss-reactive ketones (excluding diaryl/α,β-unsaturated/α-hetero) is 1. The SMILES string of the molecule is NC(=O)C(=O)C(CC[N+](=O)[O-])S(=O)(=O)OCc1ccccc1. The van der Waals surface area contributed by atoms with Crippen molar-refractivity contribution >= 4 is 21.8 Å². The lowest BCUT2D eigenvalue weighted by molar-refractivity contribution is -0.480. The lowest BCUT2D eigenvalue weighted by atomic mass is 10.2. The Labute approximate surface area is 126 Å². The fourth-order valence-corrected chi connectivity index (χ4v) is 2.83. The van der Waals surface area contributed by atoms with E-state index in [2.05, 4.69) is 0 Å². The van der Waals surface area contributed by atoms with Gasteiger partial charge in [0.2, 0.25) is 12.3 Å². The summed E-state index contributed by atoms with van der Waals surface area (Å²) < 4.78 is 28.7. The lowest BCUT2D eigenvalue weighted by Crippen LogP contribution is -2.41. The first-order valence-corrected chi connectivity index (χ1v) is 7.59. The largest absolute Gasteiger partial charge is 0.363 e. The van der Waals surface area contributed by atoms with Crippen LogP contribution in [-0.4, -0.2) is 36.8 Å². The molecule has 0 aliphatic heterocycles. The van der Waals surface area contributed by atoms with E-state index in [0.29, 0.717) is 5.56 Å². The highest BCUT2D eigenvalue weighted by Crippen LogP contribution is 2.13. The maximum Gasteiger partial charge on any atom is 0.286 e. The molecule has 1 aromatic rings. The number of nitrogens with two attached hydrogens (primary N) is 1. The van der Waals surface area contributed by atoms with Crippen LogP contribution in [0.5, 0.6) is 0 Å². The monoisotopic (exact) mass is 330 g/mol. The summed E-state index contributed by atoms with van der Waals surface area (Å²) in [5.41, 5.74) is 5.29. The number of carbonyl (C=O) groups is 2. The fourth-order valence-electron chi connectivity index (χ4n) is 1.59. The number of carbonyl (C=O) groups excluding carboxylic acids is 2. The first kappa shape index (κ1) is 17.7. The molecule has 0 heterocycles. The zero-order chi connectivity index (χ0) is 16.8. The van der Waals surface area contributed by atoms with Crippen molar-refractivity contribution in [2.24, 2.45) is 5.73 Å². The highest BCUT2D eigenvalue weighted by atomic mass is 32.2. The summed E-state index contributed by atoms with van der Waals surface area (Å²) in [6.07, 6.45) is -0.689. The Morgan fingerprint density at radius 3 is 2.36 bits per heavy atom.